The maximum absolute atomic E-state index is 11.4. The Hall–Kier alpha value is -2.13. The first-order chi connectivity index (χ1) is 11.9. The van der Waals surface area contributed by atoms with Crippen LogP contribution < -0.4 is 10.9 Å². The smallest absolute Gasteiger partial charge is 0.252 e. The van der Waals surface area contributed by atoms with Crippen molar-refractivity contribution in [1.29, 1.82) is 0 Å². The van der Waals surface area contributed by atoms with Gasteiger partial charge in [0.1, 0.15) is 0 Å². The van der Waals surface area contributed by atoms with Crippen LogP contribution >= 0.6 is 0 Å². The molecule has 0 radical (unpaired) electrons. The summed E-state index contributed by atoms with van der Waals surface area (Å²) >= 11 is 0. The summed E-state index contributed by atoms with van der Waals surface area (Å²) in [5.41, 5.74) is 5.37. The monoisotopic (exact) mass is 342 g/mol. The van der Waals surface area contributed by atoms with Gasteiger partial charge in [0.2, 0.25) is 0 Å². The molecule has 0 fully saturated rings. The van der Waals surface area contributed by atoms with Crippen molar-refractivity contribution in [1.82, 2.24) is 10.3 Å². The number of aryl methyl sites for hydroxylation is 2. The highest BCUT2D eigenvalue weighted by Crippen LogP contribution is 2.14. The predicted octanol–water partition coefficient (Wildman–Crippen LogP) is 5.19. The van der Waals surface area contributed by atoms with Gasteiger partial charge in [0.05, 0.1) is 0 Å². The second-order valence-corrected chi connectivity index (χ2v) is 6.00. The molecule has 0 saturated heterocycles. The van der Waals surface area contributed by atoms with E-state index in [1.807, 2.05) is 46.9 Å². The van der Waals surface area contributed by atoms with Crippen molar-refractivity contribution < 1.29 is 0 Å². The molecule has 0 saturated carbocycles. The van der Waals surface area contributed by atoms with Crippen LogP contribution in [0.4, 0.5) is 0 Å². The Morgan fingerprint density at radius 3 is 2.12 bits per heavy atom. The highest BCUT2D eigenvalue weighted by Gasteiger charge is 2.02. The van der Waals surface area contributed by atoms with Gasteiger partial charge in [0.25, 0.3) is 5.56 Å². The SMILES string of the molecule is C=Cc1ccc(C(C)C)cc1.CC.CNCc1c(C)cc(C)[nH]c1=O. The van der Waals surface area contributed by atoms with E-state index in [-0.39, 0.29) is 5.56 Å². The maximum atomic E-state index is 11.4. The lowest BCUT2D eigenvalue weighted by atomic mass is 10.0. The Morgan fingerprint density at radius 2 is 1.72 bits per heavy atom. The highest BCUT2D eigenvalue weighted by atomic mass is 16.1. The lowest BCUT2D eigenvalue weighted by molar-refractivity contribution is 0.796. The summed E-state index contributed by atoms with van der Waals surface area (Å²) in [6.45, 7) is 16.6. The Balaban J connectivity index is 0.000000421. The largest absolute Gasteiger partial charge is 0.326 e. The van der Waals surface area contributed by atoms with Gasteiger partial charge in [-0.25, -0.2) is 0 Å². The van der Waals surface area contributed by atoms with Crippen LogP contribution in [0, 0.1) is 13.8 Å². The highest BCUT2D eigenvalue weighted by molar-refractivity contribution is 5.47. The average Bonchev–Trinajstić information content (AvgIpc) is 2.60. The maximum Gasteiger partial charge on any atom is 0.252 e. The Morgan fingerprint density at radius 1 is 1.16 bits per heavy atom. The second kappa shape index (κ2) is 12.3. The van der Waals surface area contributed by atoms with E-state index in [0.29, 0.717) is 12.5 Å². The molecule has 0 atom stereocenters. The zero-order valence-corrected chi connectivity index (χ0v) is 16.9. The van der Waals surface area contributed by atoms with Crippen molar-refractivity contribution in [3.63, 3.8) is 0 Å². The molecule has 25 heavy (non-hydrogen) atoms. The number of H-pyrrole nitrogens is 1. The summed E-state index contributed by atoms with van der Waals surface area (Å²) in [5, 5.41) is 2.97. The summed E-state index contributed by atoms with van der Waals surface area (Å²) in [6.07, 6.45) is 1.87. The zero-order chi connectivity index (χ0) is 19.4. The average molecular weight is 343 g/mol. The van der Waals surface area contributed by atoms with Crippen LogP contribution in [-0.2, 0) is 6.54 Å². The molecule has 2 rings (SSSR count). The van der Waals surface area contributed by atoms with E-state index < -0.39 is 0 Å². The Labute approximate surface area is 153 Å². The standard InChI is InChI=1S/C11H14.C9H14N2O.C2H6/c1-4-10-5-7-11(8-6-10)9(2)3;1-6-4-7(2)11-9(12)8(6)5-10-3;1-2/h4-9H,1H2,2-3H3;4,10H,5H2,1-3H3,(H,11,12);1-2H3. The molecule has 0 aliphatic rings. The molecule has 1 aromatic carbocycles. The molecule has 0 aliphatic carbocycles. The minimum Gasteiger partial charge on any atom is -0.326 e. The zero-order valence-electron chi connectivity index (χ0n) is 16.9. The third kappa shape index (κ3) is 7.99. The van der Waals surface area contributed by atoms with Crippen LogP contribution in [0.2, 0.25) is 0 Å². The number of pyridine rings is 1. The summed E-state index contributed by atoms with van der Waals surface area (Å²) in [6, 6.07) is 10.5. The molecule has 1 aromatic heterocycles. The molecule has 0 unspecified atom stereocenters. The van der Waals surface area contributed by atoms with E-state index in [1.165, 1.54) is 11.1 Å². The van der Waals surface area contributed by atoms with Gasteiger partial charge in [0.15, 0.2) is 0 Å². The van der Waals surface area contributed by atoms with Crippen LogP contribution in [0.3, 0.4) is 0 Å². The topological polar surface area (TPSA) is 44.9 Å². The lowest BCUT2D eigenvalue weighted by Gasteiger charge is -2.04. The number of hydrogen-bond acceptors (Lipinski definition) is 2. The van der Waals surface area contributed by atoms with Gasteiger partial charge in [0, 0.05) is 17.8 Å². The summed E-state index contributed by atoms with van der Waals surface area (Å²) in [5.74, 6) is 0.619. The molecular formula is C22H34N2O. The molecule has 1 heterocycles. The van der Waals surface area contributed by atoms with Crippen LogP contribution in [0.25, 0.3) is 6.08 Å². The minimum atomic E-state index is 0.0156. The summed E-state index contributed by atoms with van der Waals surface area (Å²) < 4.78 is 0. The number of rotatable bonds is 4. The molecule has 2 aromatic rings. The molecule has 138 valence electrons. The number of benzene rings is 1. The van der Waals surface area contributed by atoms with Crippen molar-refractivity contribution in [2.45, 2.75) is 54.0 Å². The van der Waals surface area contributed by atoms with Gasteiger partial charge in [-0.2, -0.15) is 0 Å². The van der Waals surface area contributed by atoms with Crippen molar-refractivity contribution in [3.05, 3.63) is 75.2 Å². The van der Waals surface area contributed by atoms with E-state index in [4.69, 9.17) is 0 Å². The van der Waals surface area contributed by atoms with Gasteiger partial charge < -0.3 is 10.3 Å². The van der Waals surface area contributed by atoms with E-state index in [2.05, 4.69) is 55.0 Å². The fourth-order valence-corrected chi connectivity index (χ4v) is 2.30. The molecule has 2 N–H and O–H groups in total. The first-order valence-electron chi connectivity index (χ1n) is 8.95. The Kier molecular flexibility index (Phi) is 11.2. The quantitative estimate of drug-likeness (QED) is 0.803. The molecule has 0 spiro atoms. The number of nitrogens with one attached hydrogen (secondary N) is 2. The lowest BCUT2D eigenvalue weighted by Crippen LogP contribution is -2.20. The van der Waals surface area contributed by atoms with Gasteiger partial charge in [-0.3, -0.25) is 4.79 Å². The number of hydrogen-bond donors (Lipinski definition) is 2. The normalized spacial score (nSPS) is 9.60. The van der Waals surface area contributed by atoms with Crippen LogP contribution in [0.1, 0.15) is 61.6 Å². The van der Waals surface area contributed by atoms with Crippen molar-refractivity contribution in [3.8, 4) is 0 Å². The minimum absolute atomic E-state index is 0.0156. The van der Waals surface area contributed by atoms with Gasteiger partial charge in [-0.05, 0) is 49.6 Å². The summed E-state index contributed by atoms with van der Waals surface area (Å²) in [7, 11) is 1.83. The van der Waals surface area contributed by atoms with Gasteiger partial charge in [-0.15, -0.1) is 0 Å². The summed E-state index contributed by atoms with van der Waals surface area (Å²) in [4.78, 5) is 14.1. The van der Waals surface area contributed by atoms with E-state index >= 15 is 0 Å². The van der Waals surface area contributed by atoms with E-state index in [0.717, 1.165) is 16.8 Å². The molecule has 0 amide bonds. The first-order valence-corrected chi connectivity index (χ1v) is 8.95. The molecular weight excluding hydrogens is 308 g/mol. The fourth-order valence-electron chi connectivity index (χ4n) is 2.30. The molecule has 0 bridgehead atoms. The molecule has 3 heteroatoms. The number of aromatic nitrogens is 1. The number of aromatic amines is 1. The third-order valence-corrected chi connectivity index (χ3v) is 3.69. The van der Waals surface area contributed by atoms with Crippen LogP contribution in [-0.4, -0.2) is 12.0 Å². The van der Waals surface area contributed by atoms with E-state index in [1.54, 1.807) is 0 Å². The van der Waals surface area contributed by atoms with Gasteiger partial charge >= 0.3 is 0 Å². The van der Waals surface area contributed by atoms with Crippen molar-refractivity contribution >= 4 is 6.08 Å². The van der Waals surface area contributed by atoms with Crippen LogP contribution in [0.15, 0.2) is 41.7 Å². The molecule has 3 nitrogen and oxygen atoms in total. The van der Waals surface area contributed by atoms with Crippen LogP contribution in [0.5, 0.6) is 0 Å². The predicted molar refractivity (Wildman–Crippen MR) is 111 cm³/mol. The van der Waals surface area contributed by atoms with E-state index in [9.17, 15) is 4.79 Å². The second-order valence-electron chi connectivity index (χ2n) is 6.00. The van der Waals surface area contributed by atoms with Crippen molar-refractivity contribution in [2.24, 2.45) is 0 Å². The van der Waals surface area contributed by atoms with Crippen molar-refractivity contribution in [2.75, 3.05) is 7.05 Å². The molecule has 0 aliphatic heterocycles. The fraction of sp³-hybridized carbons (Fsp3) is 0.409. The third-order valence-electron chi connectivity index (χ3n) is 3.69. The van der Waals surface area contributed by atoms with Gasteiger partial charge in [-0.1, -0.05) is 64.6 Å². The first kappa shape index (κ1) is 22.9. The Bertz CT molecular complexity index is 682.